The molecule has 1 saturated heterocycles. The van der Waals surface area contributed by atoms with E-state index in [1.54, 1.807) is 6.08 Å². The fourth-order valence-corrected chi connectivity index (χ4v) is 1.13. The highest BCUT2D eigenvalue weighted by molar-refractivity contribution is 4.80. The number of hydrogen-bond donors (Lipinski definition) is 0. The maximum Gasteiger partial charge on any atom is 0.177 e. The molecule has 1 aliphatic rings. The summed E-state index contributed by atoms with van der Waals surface area (Å²) in [6, 6.07) is 0. The van der Waals surface area contributed by atoms with Crippen LogP contribution in [-0.4, -0.2) is 19.0 Å². The summed E-state index contributed by atoms with van der Waals surface area (Å²) in [5, 5.41) is 0. The third kappa shape index (κ3) is 2.04. The Morgan fingerprint density at radius 2 is 2.45 bits per heavy atom. The number of ether oxygens (including phenoxy) is 2. The summed E-state index contributed by atoms with van der Waals surface area (Å²) >= 11 is 0. The molecule has 2 heteroatoms. The molecule has 64 valence electrons. The first-order valence-electron chi connectivity index (χ1n) is 4.17. The summed E-state index contributed by atoms with van der Waals surface area (Å²) in [4.78, 5) is 0. The van der Waals surface area contributed by atoms with Crippen molar-refractivity contribution in [3.63, 3.8) is 0 Å². The van der Waals surface area contributed by atoms with E-state index in [0.29, 0.717) is 12.5 Å². The molecule has 0 aromatic heterocycles. The molecule has 0 amide bonds. The smallest absolute Gasteiger partial charge is 0.177 e. The van der Waals surface area contributed by atoms with E-state index in [0.717, 1.165) is 6.42 Å². The topological polar surface area (TPSA) is 18.5 Å². The summed E-state index contributed by atoms with van der Waals surface area (Å²) in [6.45, 7) is 8.67. The maximum atomic E-state index is 5.52. The summed E-state index contributed by atoms with van der Waals surface area (Å²) in [7, 11) is 0. The van der Waals surface area contributed by atoms with Crippen LogP contribution < -0.4 is 0 Å². The Morgan fingerprint density at radius 1 is 1.73 bits per heavy atom. The first-order valence-corrected chi connectivity index (χ1v) is 4.17. The average molecular weight is 156 g/mol. The molecule has 0 aromatic carbocycles. The van der Waals surface area contributed by atoms with E-state index in [-0.39, 0.29) is 12.4 Å². The van der Waals surface area contributed by atoms with Crippen LogP contribution in [0.25, 0.3) is 0 Å². The normalized spacial score (nSPS) is 33.6. The molecule has 3 atom stereocenters. The highest BCUT2D eigenvalue weighted by atomic mass is 16.7. The van der Waals surface area contributed by atoms with E-state index in [1.165, 1.54) is 0 Å². The van der Waals surface area contributed by atoms with Crippen LogP contribution in [-0.2, 0) is 9.47 Å². The molecule has 0 aliphatic carbocycles. The van der Waals surface area contributed by atoms with Gasteiger partial charge >= 0.3 is 0 Å². The molecule has 0 saturated carbocycles. The van der Waals surface area contributed by atoms with Gasteiger partial charge in [0.2, 0.25) is 0 Å². The van der Waals surface area contributed by atoms with Gasteiger partial charge in [-0.25, -0.2) is 0 Å². The molecule has 1 rings (SSSR count). The van der Waals surface area contributed by atoms with Crippen molar-refractivity contribution in [2.24, 2.45) is 5.92 Å². The zero-order chi connectivity index (χ0) is 8.27. The van der Waals surface area contributed by atoms with Crippen LogP contribution in [0.1, 0.15) is 20.3 Å². The Balaban J connectivity index is 2.34. The van der Waals surface area contributed by atoms with Crippen molar-refractivity contribution in [1.82, 2.24) is 0 Å². The molecule has 1 fully saturated rings. The van der Waals surface area contributed by atoms with Crippen LogP contribution in [0.2, 0.25) is 0 Å². The first-order chi connectivity index (χ1) is 5.27. The van der Waals surface area contributed by atoms with Crippen LogP contribution in [0.15, 0.2) is 12.7 Å². The van der Waals surface area contributed by atoms with Gasteiger partial charge in [-0.15, -0.1) is 0 Å². The molecular formula is C9H16O2. The third-order valence-electron chi connectivity index (χ3n) is 2.20. The zero-order valence-corrected chi connectivity index (χ0v) is 7.25. The van der Waals surface area contributed by atoms with E-state index < -0.39 is 0 Å². The second-order valence-electron chi connectivity index (χ2n) is 3.00. The van der Waals surface area contributed by atoms with Crippen molar-refractivity contribution < 1.29 is 9.47 Å². The van der Waals surface area contributed by atoms with Gasteiger partial charge in [-0.2, -0.15) is 0 Å². The van der Waals surface area contributed by atoms with Gasteiger partial charge in [0.05, 0.1) is 12.7 Å². The molecule has 0 radical (unpaired) electrons. The van der Waals surface area contributed by atoms with Gasteiger partial charge in [0, 0.05) is 0 Å². The predicted octanol–water partition coefficient (Wildman–Crippen LogP) is 1.96. The predicted molar refractivity (Wildman–Crippen MR) is 44.3 cm³/mol. The monoisotopic (exact) mass is 156 g/mol. The van der Waals surface area contributed by atoms with Crippen molar-refractivity contribution in [2.75, 3.05) is 6.61 Å². The highest BCUT2D eigenvalue weighted by Crippen LogP contribution is 2.20. The van der Waals surface area contributed by atoms with E-state index in [2.05, 4.69) is 20.4 Å². The number of rotatable bonds is 3. The molecule has 2 nitrogen and oxygen atoms in total. The highest BCUT2D eigenvalue weighted by Gasteiger charge is 2.27. The van der Waals surface area contributed by atoms with Gasteiger partial charge in [0.1, 0.15) is 0 Å². The Hall–Kier alpha value is -0.340. The van der Waals surface area contributed by atoms with Gasteiger partial charge < -0.3 is 9.47 Å². The molecule has 1 heterocycles. The molecule has 11 heavy (non-hydrogen) atoms. The van der Waals surface area contributed by atoms with Crippen LogP contribution >= 0.6 is 0 Å². The summed E-state index contributed by atoms with van der Waals surface area (Å²) in [5.41, 5.74) is 0. The molecule has 0 N–H and O–H groups in total. The van der Waals surface area contributed by atoms with E-state index in [1.807, 2.05) is 0 Å². The van der Waals surface area contributed by atoms with Gasteiger partial charge in [0.25, 0.3) is 0 Å². The summed E-state index contributed by atoms with van der Waals surface area (Å²) in [5.74, 6) is 0.583. The lowest BCUT2D eigenvalue weighted by molar-refractivity contribution is -0.0298. The van der Waals surface area contributed by atoms with Crippen molar-refractivity contribution in [3.8, 4) is 0 Å². The Labute approximate surface area is 68.2 Å². The molecule has 2 unspecified atom stereocenters. The van der Waals surface area contributed by atoms with Crippen molar-refractivity contribution in [3.05, 3.63) is 12.7 Å². The lowest BCUT2D eigenvalue weighted by atomic mass is 10.0. The largest absolute Gasteiger partial charge is 0.346 e. The minimum Gasteiger partial charge on any atom is -0.346 e. The number of hydrogen-bond acceptors (Lipinski definition) is 2. The second kappa shape index (κ2) is 3.88. The van der Waals surface area contributed by atoms with Gasteiger partial charge in [0.15, 0.2) is 6.29 Å². The standard InChI is InChI=1S/C9H16O2/c1-4-7(3)8-6-10-9(5-2)11-8/h5,7-9H,2,4,6H2,1,3H3/t7-,8?,9?/m0/s1. The fraction of sp³-hybridized carbons (Fsp3) is 0.778. The maximum absolute atomic E-state index is 5.52. The summed E-state index contributed by atoms with van der Waals surface area (Å²) < 4.78 is 10.8. The second-order valence-corrected chi connectivity index (χ2v) is 3.00. The van der Waals surface area contributed by atoms with Gasteiger partial charge in [-0.05, 0) is 12.0 Å². The molecule has 0 aromatic rings. The minimum absolute atomic E-state index is 0.172. The lowest BCUT2D eigenvalue weighted by Gasteiger charge is -2.14. The quantitative estimate of drug-likeness (QED) is 0.581. The first kappa shape index (κ1) is 8.75. The van der Waals surface area contributed by atoms with Crippen LogP contribution in [0.4, 0.5) is 0 Å². The van der Waals surface area contributed by atoms with Crippen LogP contribution in [0, 0.1) is 5.92 Å². The van der Waals surface area contributed by atoms with E-state index in [9.17, 15) is 0 Å². The Kier molecular flexibility index (Phi) is 3.09. The van der Waals surface area contributed by atoms with Crippen molar-refractivity contribution in [1.29, 1.82) is 0 Å². The van der Waals surface area contributed by atoms with Crippen LogP contribution in [0.5, 0.6) is 0 Å². The minimum atomic E-state index is -0.172. The zero-order valence-electron chi connectivity index (χ0n) is 7.25. The fourth-order valence-electron chi connectivity index (χ4n) is 1.13. The van der Waals surface area contributed by atoms with Gasteiger partial charge in [-0.3, -0.25) is 0 Å². The van der Waals surface area contributed by atoms with Gasteiger partial charge in [-0.1, -0.05) is 26.8 Å². The molecular weight excluding hydrogens is 140 g/mol. The van der Waals surface area contributed by atoms with E-state index >= 15 is 0 Å². The lowest BCUT2D eigenvalue weighted by Crippen LogP contribution is -2.19. The van der Waals surface area contributed by atoms with Crippen molar-refractivity contribution in [2.45, 2.75) is 32.7 Å². The Morgan fingerprint density at radius 3 is 2.91 bits per heavy atom. The molecule has 1 aliphatic heterocycles. The van der Waals surface area contributed by atoms with E-state index in [4.69, 9.17) is 9.47 Å². The average Bonchev–Trinajstić information content (AvgIpc) is 2.50. The van der Waals surface area contributed by atoms with Crippen molar-refractivity contribution >= 4 is 0 Å². The Bertz CT molecular complexity index is 134. The third-order valence-corrected chi connectivity index (χ3v) is 2.20. The molecule has 0 spiro atoms. The molecule has 0 bridgehead atoms. The van der Waals surface area contributed by atoms with Crippen LogP contribution in [0.3, 0.4) is 0 Å². The SMILES string of the molecule is C=CC1OCC([C@@H](C)CC)O1. The summed E-state index contributed by atoms with van der Waals surface area (Å²) in [6.07, 6.45) is 2.93.